The zero-order valence-electron chi connectivity index (χ0n) is 16.3. The number of anilines is 1. The van der Waals surface area contributed by atoms with E-state index in [-0.39, 0.29) is 17.8 Å². The molecule has 9 heteroatoms. The van der Waals surface area contributed by atoms with Gasteiger partial charge in [0.15, 0.2) is 0 Å². The number of primary amides is 1. The van der Waals surface area contributed by atoms with E-state index >= 15 is 0 Å². The van der Waals surface area contributed by atoms with E-state index in [0.29, 0.717) is 30.6 Å². The number of nitrogens with two attached hydrogens (primary N) is 1. The summed E-state index contributed by atoms with van der Waals surface area (Å²) in [6.07, 6.45) is 3.52. The molecule has 1 atom stereocenters. The summed E-state index contributed by atoms with van der Waals surface area (Å²) in [6, 6.07) is 5.94. The van der Waals surface area contributed by atoms with Crippen LogP contribution in [0.3, 0.4) is 0 Å². The topological polar surface area (TPSA) is 100 Å². The van der Waals surface area contributed by atoms with Crippen LogP contribution in [0.25, 0.3) is 11.3 Å². The van der Waals surface area contributed by atoms with E-state index in [4.69, 9.17) is 5.73 Å². The highest BCUT2D eigenvalue weighted by molar-refractivity contribution is 5.80. The van der Waals surface area contributed by atoms with Crippen molar-refractivity contribution in [3.8, 4) is 11.3 Å². The molecule has 0 radical (unpaired) electrons. The number of piperazine rings is 1. The molecule has 3 N–H and O–H groups in total. The molecule has 29 heavy (non-hydrogen) atoms. The minimum atomic E-state index is -0.287. The van der Waals surface area contributed by atoms with Crippen LogP contribution in [-0.4, -0.2) is 71.3 Å². The number of rotatable bonds is 5. The van der Waals surface area contributed by atoms with E-state index in [0.717, 1.165) is 44.6 Å². The largest absolute Gasteiger partial charge is 0.368 e. The van der Waals surface area contributed by atoms with Gasteiger partial charge in [0, 0.05) is 31.7 Å². The second-order valence-electron chi connectivity index (χ2n) is 7.61. The molecule has 8 nitrogen and oxygen atoms in total. The van der Waals surface area contributed by atoms with Gasteiger partial charge in [0.2, 0.25) is 11.9 Å². The molecule has 3 heterocycles. The third kappa shape index (κ3) is 4.51. The fourth-order valence-electron chi connectivity index (χ4n) is 4.26. The van der Waals surface area contributed by atoms with Crippen molar-refractivity contribution in [2.24, 2.45) is 11.7 Å². The number of carbonyl (C=O) groups is 1. The average molecular weight is 399 g/mol. The minimum absolute atomic E-state index is 0.219. The smallest absolute Gasteiger partial charge is 0.245 e. The van der Waals surface area contributed by atoms with Crippen LogP contribution in [0, 0.1) is 11.7 Å². The molecule has 0 saturated carbocycles. The number of halogens is 1. The highest BCUT2D eigenvalue weighted by Crippen LogP contribution is 2.24. The first kappa shape index (κ1) is 19.7. The van der Waals surface area contributed by atoms with Crippen LogP contribution in [0.15, 0.2) is 30.5 Å². The first-order chi connectivity index (χ1) is 14.1. The number of piperidine rings is 1. The lowest BCUT2D eigenvalue weighted by Crippen LogP contribution is -2.58. The maximum absolute atomic E-state index is 13.2. The molecule has 2 aliphatic heterocycles. The molecule has 0 bridgehead atoms. The van der Waals surface area contributed by atoms with Crippen LogP contribution in [-0.2, 0) is 4.79 Å². The summed E-state index contributed by atoms with van der Waals surface area (Å²) in [6.45, 7) is 4.71. The SMILES string of the molecule is NC(=O)C(C1CCNCC1)N1CCN(c2nncc(-c3ccc(F)cc3)n2)CC1. The predicted octanol–water partition coefficient (Wildman–Crippen LogP) is 0.653. The lowest BCUT2D eigenvalue weighted by Gasteiger charge is -2.41. The van der Waals surface area contributed by atoms with E-state index in [1.165, 1.54) is 12.1 Å². The molecule has 1 unspecified atom stereocenters. The first-order valence-corrected chi connectivity index (χ1v) is 10.1. The van der Waals surface area contributed by atoms with E-state index < -0.39 is 0 Å². The highest BCUT2D eigenvalue weighted by atomic mass is 19.1. The van der Waals surface area contributed by atoms with E-state index in [2.05, 4.69) is 30.3 Å². The Bertz CT molecular complexity index is 833. The number of nitrogens with zero attached hydrogens (tertiary/aromatic N) is 5. The summed E-state index contributed by atoms with van der Waals surface area (Å²) in [5, 5.41) is 11.6. The lowest BCUT2D eigenvalue weighted by atomic mass is 9.88. The molecule has 0 spiro atoms. The van der Waals surface area contributed by atoms with Crippen molar-refractivity contribution in [2.45, 2.75) is 18.9 Å². The van der Waals surface area contributed by atoms with Crippen LogP contribution < -0.4 is 16.0 Å². The van der Waals surface area contributed by atoms with Crippen LogP contribution in [0.4, 0.5) is 10.3 Å². The molecule has 2 aromatic rings. The first-order valence-electron chi connectivity index (χ1n) is 10.1. The van der Waals surface area contributed by atoms with Gasteiger partial charge < -0.3 is 16.0 Å². The molecule has 1 aromatic carbocycles. The second kappa shape index (κ2) is 8.79. The van der Waals surface area contributed by atoms with Crippen molar-refractivity contribution in [3.63, 3.8) is 0 Å². The number of nitrogens with one attached hydrogen (secondary N) is 1. The van der Waals surface area contributed by atoms with Crippen molar-refractivity contribution >= 4 is 11.9 Å². The summed E-state index contributed by atoms with van der Waals surface area (Å²) in [5.74, 6) is 0.329. The summed E-state index contributed by atoms with van der Waals surface area (Å²) in [5.41, 5.74) is 7.21. The Morgan fingerprint density at radius 2 is 1.83 bits per heavy atom. The second-order valence-corrected chi connectivity index (χ2v) is 7.61. The summed E-state index contributed by atoms with van der Waals surface area (Å²) in [7, 11) is 0. The van der Waals surface area contributed by atoms with E-state index in [1.807, 2.05) is 0 Å². The van der Waals surface area contributed by atoms with Gasteiger partial charge in [-0.2, -0.15) is 5.10 Å². The molecule has 2 aliphatic rings. The third-order valence-electron chi connectivity index (χ3n) is 5.80. The van der Waals surface area contributed by atoms with E-state index in [9.17, 15) is 9.18 Å². The van der Waals surface area contributed by atoms with Gasteiger partial charge in [-0.05, 0) is 56.1 Å². The average Bonchev–Trinajstić information content (AvgIpc) is 2.75. The van der Waals surface area contributed by atoms with Crippen molar-refractivity contribution in [3.05, 3.63) is 36.3 Å². The van der Waals surface area contributed by atoms with Gasteiger partial charge in [0.1, 0.15) is 5.82 Å². The zero-order valence-corrected chi connectivity index (χ0v) is 16.3. The van der Waals surface area contributed by atoms with Gasteiger partial charge in [0.25, 0.3) is 0 Å². The van der Waals surface area contributed by atoms with Crippen molar-refractivity contribution in [1.29, 1.82) is 0 Å². The lowest BCUT2D eigenvalue weighted by molar-refractivity contribution is -0.125. The van der Waals surface area contributed by atoms with Crippen LogP contribution in [0.5, 0.6) is 0 Å². The summed E-state index contributed by atoms with van der Waals surface area (Å²) in [4.78, 5) is 21.0. The monoisotopic (exact) mass is 399 g/mol. The molecule has 2 saturated heterocycles. The predicted molar refractivity (Wildman–Crippen MR) is 108 cm³/mol. The normalized spacial score (nSPS) is 19.8. The standard InChI is InChI=1S/C20H26FN7O/c21-16-3-1-14(2-4-16)17-13-24-26-20(25-17)28-11-9-27(10-12-28)18(19(22)29)15-5-7-23-8-6-15/h1-4,13,15,18,23H,5-12H2,(H2,22,29). The third-order valence-corrected chi connectivity index (χ3v) is 5.80. The van der Waals surface area contributed by atoms with Crippen molar-refractivity contribution in [2.75, 3.05) is 44.2 Å². The fourth-order valence-corrected chi connectivity index (χ4v) is 4.26. The Balaban J connectivity index is 1.43. The highest BCUT2D eigenvalue weighted by Gasteiger charge is 2.35. The van der Waals surface area contributed by atoms with Gasteiger partial charge in [-0.25, -0.2) is 9.37 Å². The Morgan fingerprint density at radius 3 is 2.48 bits per heavy atom. The Kier molecular flexibility index (Phi) is 5.96. The number of benzene rings is 1. The quantitative estimate of drug-likeness (QED) is 0.762. The van der Waals surface area contributed by atoms with Gasteiger partial charge in [-0.1, -0.05) is 0 Å². The molecule has 154 valence electrons. The maximum atomic E-state index is 13.2. The van der Waals surface area contributed by atoms with Gasteiger partial charge >= 0.3 is 0 Å². The maximum Gasteiger partial charge on any atom is 0.245 e. The number of hydrogen-bond donors (Lipinski definition) is 2. The Labute approximate surface area is 169 Å². The minimum Gasteiger partial charge on any atom is -0.368 e. The summed E-state index contributed by atoms with van der Waals surface area (Å²) >= 11 is 0. The Hall–Kier alpha value is -2.65. The molecule has 0 aliphatic carbocycles. The van der Waals surface area contributed by atoms with Gasteiger partial charge in [0.05, 0.1) is 17.9 Å². The molecule has 1 aromatic heterocycles. The Morgan fingerprint density at radius 1 is 1.14 bits per heavy atom. The zero-order chi connectivity index (χ0) is 20.2. The van der Waals surface area contributed by atoms with Gasteiger partial charge in [-0.3, -0.25) is 9.69 Å². The van der Waals surface area contributed by atoms with Crippen LogP contribution >= 0.6 is 0 Å². The van der Waals surface area contributed by atoms with E-state index in [1.54, 1.807) is 18.3 Å². The van der Waals surface area contributed by atoms with Crippen LogP contribution in [0.1, 0.15) is 12.8 Å². The molecular formula is C20H26FN7O. The number of amides is 1. The van der Waals surface area contributed by atoms with Crippen LogP contribution in [0.2, 0.25) is 0 Å². The van der Waals surface area contributed by atoms with Crippen molar-refractivity contribution in [1.82, 2.24) is 25.4 Å². The van der Waals surface area contributed by atoms with Gasteiger partial charge in [-0.15, -0.1) is 5.10 Å². The fraction of sp³-hybridized carbons (Fsp3) is 0.500. The number of hydrogen-bond acceptors (Lipinski definition) is 7. The number of carbonyl (C=O) groups excluding carboxylic acids is 1. The number of aromatic nitrogens is 3. The molecule has 2 fully saturated rings. The molecular weight excluding hydrogens is 373 g/mol. The molecule has 1 amide bonds. The molecule has 4 rings (SSSR count). The summed E-state index contributed by atoms with van der Waals surface area (Å²) < 4.78 is 13.2. The van der Waals surface area contributed by atoms with Crippen molar-refractivity contribution < 1.29 is 9.18 Å².